The van der Waals surface area contributed by atoms with E-state index in [0.717, 1.165) is 0 Å². The molecule has 1 aromatic carbocycles. The molecular weight excluding hydrogens is 256 g/mol. The zero-order chi connectivity index (χ0) is 13.4. The van der Waals surface area contributed by atoms with Crippen LogP contribution in [0.1, 0.15) is 18.4 Å². The molecule has 18 heavy (non-hydrogen) atoms. The molecule has 1 aromatic rings. The lowest BCUT2D eigenvalue weighted by molar-refractivity contribution is -0.140. The van der Waals surface area contributed by atoms with E-state index in [0.29, 0.717) is 12.0 Å². The smallest absolute Gasteiger partial charge is 0.305 e. The number of hydrogen-bond acceptors (Lipinski definition) is 5. The fraction of sp³-hybridized carbons (Fsp3) is 0.417. The second kappa shape index (κ2) is 7.13. The highest BCUT2D eigenvalue weighted by Gasteiger charge is 2.12. The standard InChI is InChI=1S/C12H16O5S/c1-16-12(13)8-5-9-17-18(14,15)10-11-6-3-2-4-7-11/h2-4,6-7H,5,8-10H2,1H3. The van der Waals surface area contributed by atoms with Crippen LogP contribution >= 0.6 is 0 Å². The van der Waals surface area contributed by atoms with E-state index in [-0.39, 0.29) is 24.7 Å². The van der Waals surface area contributed by atoms with Gasteiger partial charge in [-0.15, -0.1) is 0 Å². The highest BCUT2D eigenvalue weighted by Crippen LogP contribution is 2.08. The van der Waals surface area contributed by atoms with Crippen molar-refractivity contribution in [2.75, 3.05) is 13.7 Å². The maximum atomic E-state index is 11.6. The van der Waals surface area contributed by atoms with Crippen LogP contribution in [-0.4, -0.2) is 28.1 Å². The lowest BCUT2D eigenvalue weighted by Gasteiger charge is -2.05. The average molecular weight is 272 g/mol. The molecule has 0 aliphatic heterocycles. The summed E-state index contributed by atoms with van der Waals surface area (Å²) in [7, 11) is -2.30. The lowest BCUT2D eigenvalue weighted by Crippen LogP contribution is -2.11. The Morgan fingerprint density at radius 1 is 1.22 bits per heavy atom. The molecule has 0 atom stereocenters. The van der Waals surface area contributed by atoms with Gasteiger partial charge in [0, 0.05) is 6.42 Å². The van der Waals surface area contributed by atoms with E-state index in [9.17, 15) is 13.2 Å². The van der Waals surface area contributed by atoms with Crippen LogP contribution in [0.5, 0.6) is 0 Å². The van der Waals surface area contributed by atoms with Crippen LogP contribution in [0.2, 0.25) is 0 Å². The molecule has 0 bridgehead atoms. The normalized spacial score (nSPS) is 11.2. The van der Waals surface area contributed by atoms with Crippen molar-refractivity contribution in [3.8, 4) is 0 Å². The van der Waals surface area contributed by atoms with Crippen LogP contribution in [0.25, 0.3) is 0 Å². The van der Waals surface area contributed by atoms with E-state index in [2.05, 4.69) is 4.74 Å². The maximum absolute atomic E-state index is 11.6. The molecule has 0 saturated heterocycles. The van der Waals surface area contributed by atoms with Gasteiger partial charge in [-0.25, -0.2) is 0 Å². The lowest BCUT2D eigenvalue weighted by atomic mass is 10.2. The Hall–Kier alpha value is -1.40. The van der Waals surface area contributed by atoms with Gasteiger partial charge in [0.05, 0.1) is 13.7 Å². The summed E-state index contributed by atoms with van der Waals surface area (Å²) in [6, 6.07) is 8.78. The van der Waals surface area contributed by atoms with Gasteiger partial charge in [-0.2, -0.15) is 8.42 Å². The number of carbonyl (C=O) groups excluding carboxylic acids is 1. The largest absolute Gasteiger partial charge is 0.469 e. The molecule has 0 spiro atoms. The van der Waals surface area contributed by atoms with Gasteiger partial charge in [-0.05, 0) is 12.0 Å². The monoisotopic (exact) mass is 272 g/mol. The van der Waals surface area contributed by atoms with Crippen molar-refractivity contribution in [1.82, 2.24) is 0 Å². The molecule has 0 aliphatic rings. The van der Waals surface area contributed by atoms with E-state index >= 15 is 0 Å². The molecule has 6 heteroatoms. The van der Waals surface area contributed by atoms with Crippen LogP contribution < -0.4 is 0 Å². The van der Waals surface area contributed by atoms with Gasteiger partial charge in [0.2, 0.25) is 0 Å². The molecule has 0 N–H and O–H groups in total. The Bertz CT molecular complexity index is 467. The van der Waals surface area contributed by atoms with Crippen molar-refractivity contribution >= 4 is 16.1 Å². The first-order valence-corrected chi connectivity index (χ1v) is 7.09. The summed E-state index contributed by atoms with van der Waals surface area (Å²) < 4.78 is 32.4. The van der Waals surface area contributed by atoms with Crippen LogP contribution in [0, 0.1) is 0 Å². The first kappa shape index (κ1) is 14.7. The Morgan fingerprint density at radius 3 is 2.50 bits per heavy atom. The first-order valence-electron chi connectivity index (χ1n) is 5.51. The third kappa shape index (κ3) is 5.79. The van der Waals surface area contributed by atoms with Crippen molar-refractivity contribution < 1.29 is 22.1 Å². The molecule has 0 radical (unpaired) electrons. The molecule has 100 valence electrons. The van der Waals surface area contributed by atoms with E-state index < -0.39 is 10.1 Å². The third-order valence-electron chi connectivity index (χ3n) is 2.20. The molecule has 0 aliphatic carbocycles. The molecule has 1 rings (SSSR count). The van der Waals surface area contributed by atoms with Crippen molar-refractivity contribution in [2.45, 2.75) is 18.6 Å². The van der Waals surface area contributed by atoms with Gasteiger partial charge in [0.1, 0.15) is 5.75 Å². The van der Waals surface area contributed by atoms with Gasteiger partial charge < -0.3 is 4.74 Å². The van der Waals surface area contributed by atoms with Gasteiger partial charge in [-0.1, -0.05) is 30.3 Å². The maximum Gasteiger partial charge on any atom is 0.305 e. The molecule has 0 fully saturated rings. The minimum absolute atomic E-state index is 0.00966. The van der Waals surface area contributed by atoms with E-state index in [1.165, 1.54) is 7.11 Å². The zero-order valence-electron chi connectivity index (χ0n) is 10.2. The Labute approximate surface area is 107 Å². The highest BCUT2D eigenvalue weighted by atomic mass is 32.2. The summed E-state index contributed by atoms with van der Waals surface area (Å²) >= 11 is 0. The van der Waals surface area contributed by atoms with Crippen LogP contribution in [0.15, 0.2) is 30.3 Å². The molecule has 0 aromatic heterocycles. The van der Waals surface area contributed by atoms with Crippen molar-refractivity contribution in [1.29, 1.82) is 0 Å². The number of hydrogen-bond donors (Lipinski definition) is 0. The van der Waals surface area contributed by atoms with Gasteiger partial charge in [0.15, 0.2) is 0 Å². The minimum Gasteiger partial charge on any atom is -0.469 e. The van der Waals surface area contributed by atoms with E-state index in [4.69, 9.17) is 4.18 Å². The summed E-state index contributed by atoms with van der Waals surface area (Å²) in [4.78, 5) is 10.8. The number of benzene rings is 1. The topological polar surface area (TPSA) is 69.7 Å². The number of esters is 1. The van der Waals surface area contributed by atoms with Gasteiger partial charge in [-0.3, -0.25) is 8.98 Å². The van der Waals surface area contributed by atoms with Gasteiger partial charge >= 0.3 is 5.97 Å². The van der Waals surface area contributed by atoms with Crippen LogP contribution in [0.3, 0.4) is 0 Å². The predicted octanol–water partition coefficient (Wildman–Crippen LogP) is 1.49. The molecule has 0 amide bonds. The average Bonchev–Trinajstić information content (AvgIpc) is 2.35. The molecular formula is C12H16O5S. The number of carbonyl (C=O) groups is 1. The fourth-order valence-corrected chi connectivity index (χ4v) is 2.38. The SMILES string of the molecule is COC(=O)CCCOS(=O)(=O)Cc1ccccc1. The van der Waals surface area contributed by atoms with Crippen molar-refractivity contribution in [2.24, 2.45) is 0 Å². The van der Waals surface area contributed by atoms with Crippen molar-refractivity contribution in [3.05, 3.63) is 35.9 Å². The van der Waals surface area contributed by atoms with E-state index in [1.807, 2.05) is 6.07 Å². The number of rotatable bonds is 7. The summed E-state index contributed by atoms with van der Waals surface area (Å²) in [6.07, 6.45) is 0.470. The first-order chi connectivity index (χ1) is 8.53. The number of methoxy groups -OCH3 is 1. The third-order valence-corrected chi connectivity index (χ3v) is 3.41. The Kier molecular flexibility index (Phi) is 5.80. The summed E-state index contributed by atoms with van der Waals surface area (Å²) in [5.74, 6) is -0.537. The highest BCUT2D eigenvalue weighted by molar-refractivity contribution is 7.85. The second-order valence-electron chi connectivity index (χ2n) is 3.69. The molecule has 0 unspecified atom stereocenters. The summed E-state index contributed by atoms with van der Waals surface area (Å²) in [6.45, 7) is -0.00966. The van der Waals surface area contributed by atoms with Crippen molar-refractivity contribution in [3.63, 3.8) is 0 Å². The molecule has 0 saturated carbocycles. The summed E-state index contributed by atoms with van der Waals surface area (Å²) in [5, 5.41) is 0. The number of ether oxygens (including phenoxy) is 1. The predicted molar refractivity (Wildman–Crippen MR) is 66.3 cm³/mol. The molecule has 0 heterocycles. The quantitative estimate of drug-likeness (QED) is 0.427. The van der Waals surface area contributed by atoms with Crippen LogP contribution in [0.4, 0.5) is 0 Å². The van der Waals surface area contributed by atoms with Crippen LogP contribution in [-0.2, 0) is 29.6 Å². The zero-order valence-corrected chi connectivity index (χ0v) is 11.0. The Morgan fingerprint density at radius 2 is 1.89 bits per heavy atom. The summed E-state index contributed by atoms with van der Waals surface area (Å²) in [5.41, 5.74) is 0.672. The van der Waals surface area contributed by atoms with Gasteiger partial charge in [0.25, 0.3) is 10.1 Å². The second-order valence-corrected chi connectivity index (χ2v) is 5.33. The minimum atomic E-state index is -3.59. The fourth-order valence-electron chi connectivity index (χ4n) is 1.32. The van der Waals surface area contributed by atoms with E-state index in [1.54, 1.807) is 24.3 Å². The molecule has 5 nitrogen and oxygen atoms in total. The Balaban J connectivity index is 2.35.